The smallest absolute Gasteiger partial charge is 0.0577 e. The summed E-state index contributed by atoms with van der Waals surface area (Å²) in [6.07, 6.45) is 15.0. The van der Waals surface area contributed by atoms with Gasteiger partial charge in [-0.1, -0.05) is 66.3 Å². The van der Waals surface area contributed by atoms with Crippen LogP contribution in [0.1, 0.15) is 106 Å². The van der Waals surface area contributed by atoms with E-state index >= 15 is 0 Å². The van der Waals surface area contributed by atoms with Crippen LogP contribution in [0.3, 0.4) is 0 Å². The van der Waals surface area contributed by atoms with Crippen LogP contribution < -0.4 is 10.0 Å². The van der Waals surface area contributed by atoms with Crippen molar-refractivity contribution in [3.05, 3.63) is 0 Å². The summed E-state index contributed by atoms with van der Waals surface area (Å²) in [4.78, 5) is 5.42. The standard InChI is InChI=1S/C30H57ClN4S.CH4.6H2O/c1-23(2)29(20-34-17-15-28(30(3,4)21-34)25-10-12-26(31)13-11-25)32-18-24-14-16-35(19-24)22-33-36-27-8-6-5-7-9-27;;;;;;;/h23-29,32-33H,5-22H2,1-4H3;1H4;6*1H2/t24-,25?,26?,28+,29-;;;;;;;/m0......./s1. The molecule has 3 atom stereocenters. The first kappa shape index (κ1) is 50.1. The van der Waals surface area contributed by atoms with E-state index in [1.165, 1.54) is 110 Å². The first-order valence-corrected chi connectivity index (χ1v) is 16.8. The Bertz CT molecular complexity index is 658. The molecule has 4 aliphatic rings. The summed E-state index contributed by atoms with van der Waals surface area (Å²) in [6.45, 7) is 18.4. The van der Waals surface area contributed by atoms with Gasteiger partial charge in [0.15, 0.2) is 0 Å². The number of hydrogen-bond donors (Lipinski definition) is 2. The summed E-state index contributed by atoms with van der Waals surface area (Å²) in [5.41, 5.74) is 0.415. The van der Waals surface area contributed by atoms with Gasteiger partial charge in [0.1, 0.15) is 0 Å². The fraction of sp³-hybridized carbons (Fsp3) is 1.00. The molecule has 0 aromatic heterocycles. The zero-order valence-corrected chi connectivity index (χ0v) is 28.5. The second-order valence-corrected chi connectivity index (χ2v) is 15.6. The van der Waals surface area contributed by atoms with Crippen LogP contribution in [0.25, 0.3) is 0 Å². The first-order valence-electron chi connectivity index (χ1n) is 15.5. The first-order chi connectivity index (χ1) is 17.3. The molecule has 12 heteroatoms. The minimum absolute atomic E-state index is 0. The molecule has 0 radical (unpaired) electrons. The van der Waals surface area contributed by atoms with Gasteiger partial charge in [-0.25, -0.2) is 0 Å². The van der Waals surface area contributed by atoms with E-state index in [1.807, 2.05) is 11.9 Å². The molecule has 0 bridgehead atoms. The van der Waals surface area contributed by atoms with E-state index in [0.29, 0.717) is 22.8 Å². The van der Waals surface area contributed by atoms with Crippen molar-refractivity contribution < 1.29 is 32.9 Å². The van der Waals surface area contributed by atoms with Crippen molar-refractivity contribution >= 4 is 23.5 Å². The predicted molar refractivity (Wildman–Crippen MR) is 187 cm³/mol. The van der Waals surface area contributed by atoms with Gasteiger partial charge in [0, 0.05) is 36.3 Å². The number of alkyl halides is 1. The van der Waals surface area contributed by atoms with E-state index < -0.39 is 0 Å². The van der Waals surface area contributed by atoms with Crippen LogP contribution in [0.5, 0.6) is 0 Å². The molecule has 14 N–H and O–H groups in total. The van der Waals surface area contributed by atoms with Gasteiger partial charge in [-0.15, -0.1) is 11.6 Å². The molecule has 2 saturated heterocycles. The lowest BCUT2D eigenvalue weighted by atomic mass is 9.64. The van der Waals surface area contributed by atoms with Gasteiger partial charge in [0.05, 0.1) is 6.67 Å². The zero-order valence-electron chi connectivity index (χ0n) is 27.0. The quantitative estimate of drug-likeness (QED) is 0.250. The maximum atomic E-state index is 6.42. The zero-order chi connectivity index (χ0) is 25.5. The molecule has 2 aliphatic carbocycles. The second-order valence-electron chi connectivity index (χ2n) is 13.8. The van der Waals surface area contributed by atoms with E-state index in [4.69, 9.17) is 11.6 Å². The van der Waals surface area contributed by atoms with Crippen molar-refractivity contribution in [2.75, 3.05) is 45.9 Å². The van der Waals surface area contributed by atoms with Gasteiger partial charge in [0.25, 0.3) is 0 Å². The molecule has 0 spiro atoms. The lowest BCUT2D eigenvalue weighted by molar-refractivity contribution is 0.00468. The molecular weight excluding hydrogens is 592 g/mol. The molecule has 4 rings (SSSR count). The number of rotatable bonds is 11. The fourth-order valence-corrected chi connectivity index (χ4v) is 9.07. The number of nitrogens with zero attached hydrogens (tertiary/aromatic N) is 2. The summed E-state index contributed by atoms with van der Waals surface area (Å²) in [5, 5.41) is 5.32. The van der Waals surface area contributed by atoms with Gasteiger partial charge in [0.2, 0.25) is 0 Å². The molecule has 0 aromatic rings. The predicted octanol–water partition coefficient (Wildman–Crippen LogP) is 2.28. The Balaban J connectivity index is -0.00000109. The molecule has 2 aliphatic heterocycles. The Hall–Kier alpha value is 0.240. The maximum Gasteiger partial charge on any atom is 0.0577 e. The Labute approximate surface area is 273 Å². The van der Waals surface area contributed by atoms with Crippen molar-refractivity contribution in [1.82, 2.24) is 19.8 Å². The highest BCUT2D eigenvalue weighted by Crippen LogP contribution is 2.45. The lowest BCUT2D eigenvalue weighted by Gasteiger charge is -2.49. The second kappa shape index (κ2) is 24.4. The van der Waals surface area contributed by atoms with Crippen molar-refractivity contribution in [1.29, 1.82) is 0 Å². The minimum atomic E-state index is 0. The summed E-state index contributed by atoms with van der Waals surface area (Å²) in [7, 11) is 0. The number of nitrogens with one attached hydrogen (secondary N) is 2. The van der Waals surface area contributed by atoms with Gasteiger partial charge in [-0.05, 0) is 100 Å². The van der Waals surface area contributed by atoms with E-state index in [9.17, 15) is 0 Å². The van der Waals surface area contributed by atoms with Gasteiger partial charge in [-0.2, -0.15) is 0 Å². The Kier molecular flexibility index (Phi) is 28.5. The molecule has 2 saturated carbocycles. The van der Waals surface area contributed by atoms with E-state index in [0.717, 1.165) is 29.7 Å². The Morgan fingerprint density at radius 2 is 1.42 bits per heavy atom. The SMILES string of the molecule is C.CC(C)[C@H](CN1CC[C@H](C2CCC(Cl)CC2)C(C)(C)C1)NC[C@@H]1CCN(CNSC2CCCCC2)C1.O.O.O.O.O.O. The van der Waals surface area contributed by atoms with Crippen LogP contribution in [-0.4, -0.2) is 105 Å². The average Bonchev–Trinajstić information content (AvgIpc) is 3.30. The van der Waals surface area contributed by atoms with Crippen LogP contribution in [0, 0.1) is 29.1 Å². The van der Waals surface area contributed by atoms with Gasteiger partial charge < -0.3 is 43.1 Å². The monoisotopic (exact) mass is 664 g/mol. The van der Waals surface area contributed by atoms with Crippen LogP contribution in [0.4, 0.5) is 0 Å². The van der Waals surface area contributed by atoms with Crippen LogP contribution >= 0.6 is 23.5 Å². The van der Waals surface area contributed by atoms with Crippen molar-refractivity contribution in [2.45, 2.75) is 122 Å². The number of halogens is 1. The van der Waals surface area contributed by atoms with E-state index in [1.54, 1.807) is 0 Å². The third-order valence-electron chi connectivity index (χ3n) is 10.1. The highest BCUT2D eigenvalue weighted by Gasteiger charge is 2.41. The summed E-state index contributed by atoms with van der Waals surface area (Å²) in [5.74, 6) is 3.25. The maximum absolute atomic E-state index is 6.42. The Morgan fingerprint density at radius 3 is 2.00 bits per heavy atom. The number of hydrogen-bond acceptors (Lipinski definition) is 5. The highest BCUT2D eigenvalue weighted by molar-refractivity contribution is 7.98. The van der Waals surface area contributed by atoms with Crippen LogP contribution in [-0.2, 0) is 0 Å². The van der Waals surface area contributed by atoms with E-state index in [-0.39, 0.29) is 40.3 Å². The molecule has 266 valence electrons. The molecule has 43 heavy (non-hydrogen) atoms. The van der Waals surface area contributed by atoms with Crippen LogP contribution in [0.2, 0.25) is 0 Å². The highest BCUT2D eigenvalue weighted by atomic mass is 35.5. The third-order valence-corrected chi connectivity index (χ3v) is 11.6. The summed E-state index contributed by atoms with van der Waals surface area (Å²) < 4.78 is 3.70. The molecule has 2 heterocycles. The molecule has 0 amide bonds. The number of likely N-dealkylation sites (tertiary alicyclic amines) is 2. The van der Waals surface area contributed by atoms with E-state index in [2.05, 4.69) is 47.5 Å². The molecular formula is C31H73ClN4O6S. The molecule has 0 aromatic carbocycles. The molecule has 0 unspecified atom stereocenters. The molecule has 10 nitrogen and oxygen atoms in total. The topological polar surface area (TPSA) is 220 Å². The largest absolute Gasteiger partial charge is 0.412 e. The van der Waals surface area contributed by atoms with Crippen molar-refractivity contribution in [3.8, 4) is 0 Å². The normalized spacial score (nSPS) is 28.3. The minimum Gasteiger partial charge on any atom is -0.412 e. The van der Waals surface area contributed by atoms with Crippen LogP contribution in [0.15, 0.2) is 0 Å². The third kappa shape index (κ3) is 15.6. The van der Waals surface area contributed by atoms with Crippen molar-refractivity contribution in [3.63, 3.8) is 0 Å². The fourth-order valence-electron chi connectivity index (χ4n) is 7.76. The summed E-state index contributed by atoms with van der Waals surface area (Å²) in [6, 6.07) is 0.595. The van der Waals surface area contributed by atoms with Crippen molar-refractivity contribution in [2.24, 2.45) is 29.1 Å². The Morgan fingerprint density at radius 1 is 0.814 bits per heavy atom. The average molecular weight is 665 g/mol. The van der Waals surface area contributed by atoms with Gasteiger partial charge in [-0.3, -0.25) is 9.62 Å². The number of piperidine rings is 1. The van der Waals surface area contributed by atoms with Gasteiger partial charge >= 0.3 is 0 Å². The lowest BCUT2D eigenvalue weighted by Crippen LogP contribution is -2.53. The molecule has 4 fully saturated rings. The summed E-state index contributed by atoms with van der Waals surface area (Å²) >= 11 is 8.43.